The summed E-state index contributed by atoms with van der Waals surface area (Å²) in [5, 5.41) is 6.97. The van der Waals surface area contributed by atoms with Crippen molar-refractivity contribution >= 4 is 43.5 Å². The average molecular weight is 814 g/mol. The van der Waals surface area contributed by atoms with Gasteiger partial charge in [0.1, 0.15) is 11.2 Å². The van der Waals surface area contributed by atoms with Gasteiger partial charge in [-0.05, 0) is 101 Å². The number of fused-ring (bicyclic) bond motifs is 16. The third kappa shape index (κ3) is 4.85. The van der Waals surface area contributed by atoms with Crippen LogP contribution in [0.5, 0.6) is 0 Å². The van der Waals surface area contributed by atoms with Crippen LogP contribution in [0.3, 0.4) is 0 Å². The maximum absolute atomic E-state index is 6.61. The molecule has 2 aliphatic rings. The molecule has 12 aromatic rings. The molecule has 0 fully saturated rings. The number of nitrogens with zero attached hydrogens (tertiary/aromatic N) is 3. The Morgan fingerprint density at radius 3 is 1.59 bits per heavy atom. The predicted octanol–water partition coefficient (Wildman–Crippen LogP) is 15.1. The summed E-state index contributed by atoms with van der Waals surface area (Å²) in [7, 11) is 0. The van der Waals surface area contributed by atoms with Crippen molar-refractivity contribution in [2.75, 3.05) is 0 Å². The molecule has 0 amide bonds. The van der Waals surface area contributed by atoms with Gasteiger partial charge in [0, 0.05) is 21.9 Å². The molecule has 0 unspecified atom stereocenters. The van der Waals surface area contributed by atoms with E-state index in [9.17, 15) is 0 Å². The Kier molecular flexibility index (Phi) is 7.29. The normalized spacial score (nSPS) is 13.1. The molecule has 4 nitrogen and oxygen atoms in total. The monoisotopic (exact) mass is 813 g/mol. The van der Waals surface area contributed by atoms with E-state index >= 15 is 0 Å². The largest absolute Gasteiger partial charge is 0.455 e. The van der Waals surface area contributed by atoms with Crippen LogP contribution >= 0.6 is 0 Å². The smallest absolute Gasteiger partial charge is 0.167 e. The Morgan fingerprint density at radius 1 is 0.312 bits per heavy atom. The van der Waals surface area contributed by atoms with Gasteiger partial charge in [-0.25, -0.2) is 15.0 Å². The van der Waals surface area contributed by atoms with Crippen LogP contribution in [0.1, 0.15) is 22.3 Å². The zero-order valence-electron chi connectivity index (χ0n) is 34.5. The maximum Gasteiger partial charge on any atom is 0.167 e. The first-order valence-electron chi connectivity index (χ1n) is 21.8. The molecule has 1 spiro atoms. The van der Waals surface area contributed by atoms with Gasteiger partial charge in [0.15, 0.2) is 17.5 Å². The van der Waals surface area contributed by atoms with Crippen LogP contribution in [0.15, 0.2) is 217 Å². The standard InChI is InChI=1S/C60H35N3O/c1-2-18-41-36(14-1)30-31-37-15-12-23-42(55(37)41)38-16-11-17-39(34-38)57-61-58(63-59(62-57)49-25-13-24-48-47-22-6-10-29-54(47)64-56(48)49)40-32-33-46-45-21-5-9-28-52(45)60(53(46)35-40)50-26-7-3-19-43(50)44-20-4-8-27-51(44)60/h1-35H. The van der Waals surface area contributed by atoms with Gasteiger partial charge in [-0.1, -0.05) is 188 Å². The van der Waals surface area contributed by atoms with Gasteiger partial charge in [-0.2, -0.15) is 0 Å². The minimum Gasteiger partial charge on any atom is -0.455 e. The summed E-state index contributed by atoms with van der Waals surface area (Å²) < 4.78 is 6.61. The lowest BCUT2D eigenvalue weighted by Crippen LogP contribution is -2.25. The predicted molar refractivity (Wildman–Crippen MR) is 260 cm³/mol. The highest BCUT2D eigenvalue weighted by atomic mass is 16.3. The van der Waals surface area contributed by atoms with Gasteiger partial charge in [-0.3, -0.25) is 0 Å². The fourth-order valence-electron chi connectivity index (χ4n) is 11.0. The van der Waals surface area contributed by atoms with Crippen LogP contribution in [-0.4, -0.2) is 15.0 Å². The Bertz CT molecular complexity index is 3870. The third-order valence-corrected chi connectivity index (χ3v) is 13.7. The highest BCUT2D eigenvalue weighted by Gasteiger charge is 2.51. The van der Waals surface area contributed by atoms with Gasteiger partial charge in [0.05, 0.1) is 11.0 Å². The van der Waals surface area contributed by atoms with Gasteiger partial charge >= 0.3 is 0 Å². The van der Waals surface area contributed by atoms with Crippen LogP contribution in [0.4, 0.5) is 0 Å². The highest BCUT2D eigenvalue weighted by molar-refractivity contribution is 6.14. The van der Waals surface area contributed by atoms with E-state index in [0.29, 0.717) is 17.5 Å². The van der Waals surface area contributed by atoms with Crippen molar-refractivity contribution in [3.8, 4) is 67.5 Å². The van der Waals surface area contributed by atoms with Crippen LogP contribution in [0.2, 0.25) is 0 Å². The molecule has 296 valence electrons. The fraction of sp³-hybridized carbons (Fsp3) is 0.0167. The SMILES string of the molecule is c1cc(-c2nc(-c3ccc4c(c3)C3(c5ccccc5-c5ccccc53)c3ccccc3-4)nc(-c3cccc4c3oc3ccccc34)n2)cc(-c2cccc3ccc4ccccc4c23)c1. The van der Waals surface area contributed by atoms with E-state index in [4.69, 9.17) is 19.4 Å². The van der Waals surface area contributed by atoms with Crippen molar-refractivity contribution in [1.82, 2.24) is 15.0 Å². The van der Waals surface area contributed by atoms with Crippen molar-refractivity contribution in [3.05, 3.63) is 235 Å². The number of benzene rings is 10. The second-order valence-corrected chi connectivity index (χ2v) is 17.0. The summed E-state index contributed by atoms with van der Waals surface area (Å²) in [6, 6.07) is 76.2. The van der Waals surface area contributed by atoms with Gasteiger partial charge in [-0.15, -0.1) is 0 Å². The molecule has 0 radical (unpaired) electrons. The minimum absolute atomic E-state index is 0.495. The first-order valence-corrected chi connectivity index (χ1v) is 21.8. The number of furan rings is 1. The summed E-state index contributed by atoms with van der Waals surface area (Å²) in [4.78, 5) is 16.1. The first-order chi connectivity index (χ1) is 31.7. The van der Waals surface area contributed by atoms with Crippen molar-refractivity contribution < 1.29 is 4.42 Å². The summed E-state index contributed by atoms with van der Waals surface area (Å²) in [5.74, 6) is 1.75. The van der Waals surface area contributed by atoms with Crippen molar-refractivity contribution in [2.45, 2.75) is 5.41 Å². The van der Waals surface area contributed by atoms with Crippen molar-refractivity contribution in [1.29, 1.82) is 0 Å². The topological polar surface area (TPSA) is 51.8 Å². The van der Waals surface area contributed by atoms with E-state index in [2.05, 4.69) is 200 Å². The molecule has 0 bridgehead atoms. The molecule has 0 saturated carbocycles. The lowest BCUT2D eigenvalue weighted by molar-refractivity contribution is 0.669. The second kappa shape index (κ2) is 13.3. The number of hydrogen-bond acceptors (Lipinski definition) is 4. The summed E-state index contributed by atoms with van der Waals surface area (Å²) >= 11 is 0. The summed E-state index contributed by atoms with van der Waals surface area (Å²) in [6.07, 6.45) is 0. The van der Waals surface area contributed by atoms with Gasteiger partial charge < -0.3 is 4.42 Å². The van der Waals surface area contributed by atoms with Crippen LogP contribution in [0.25, 0.3) is 111 Å². The molecule has 14 rings (SSSR count). The number of para-hydroxylation sites is 2. The summed E-state index contributed by atoms with van der Waals surface area (Å²) in [6.45, 7) is 0. The van der Waals surface area contributed by atoms with E-state index in [1.54, 1.807) is 0 Å². The lowest BCUT2D eigenvalue weighted by Gasteiger charge is -2.30. The molecule has 2 aromatic heterocycles. The molecule has 0 aliphatic heterocycles. The van der Waals surface area contributed by atoms with Crippen molar-refractivity contribution in [2.24, 2.45) is 0 Å². The average Bonchev–Trinajstić information content (AvgIpc) is 4.00. The summed E-state index contributed by atoms with van der Waals surface area (Å²) in [5.41, 5.74) is 16.1. The third-order valence-electron chi connectivity index (χ3n) is 13.7. The Balaban J connectivity index is 1.01. The second-order valence-electron chi connectivity index (χ2n) is 17.0. The minimum atomic E-state index is -0.495. The van der Waals surface area contributed by atoms with Crippen LogP contribution in [-0.2, 0) is 5.41 Å². The van der Waals surface area contributed by atoms with Crippen LogP contribution in [0, 0.1) is 0 Å². The molecule has 10 aromatic carbocycles. The number of aromatic nitrogens is 3. The number of hydrogen-bond donors (Lipinski definition) is 0. The molecule has 0 saturated heterocycles. The number of rotatable bonds is 4. The first kappa shape index (κ1) is 35.2. The highest BCUT2D eigenvalue weighted by Crippen LogP contribution is 2.63. The lowest BCUT2D eigenvalue weighted by atomic mass is 9.70. The fourth-order valence-corrected chi connectivity index (χ4v) is 11.0. The Labute approximate surface area is 368 Å². The van der Waals surface area contributed by atoms with E-state index in [1.807, 2.05) is 12.1 Å². The molecule has 0 N–H and O–H groups in total. The zero-order valence-corrected chi connectivity index (χ0v) is 34.5. The quantitative estimate of drug-likeness (QED) is 0.166. The van der Waals surface area contributed by atoms with E-state index in [1.165, 1.54) is 71.6 Å². The molecule has 64 heavy (non-hydrogen) atoms. The van der Waals surface area contributed by atoms with Gasteiger partial charge in [0.25, 0.3) is 0 Å². The molecule has 2 aliphatic carbocycles. The molecule has 0 atom stereocenters. The van der Waals surface area contributed by atoms with E-state index in [0.717, 1.165) is 44.2 Å². The Hall–Kier alpha value is -8.47. The molecule has 4 heteroatoms. The van der Waals surface area contributed by atoms with E-state index < -0.39 is 5.41 Å². The van der Waals surface area contributed by atoms with Gasteiger partial charge in [0.2, 0.25) is 0 Å². The van der Waals surface area contributed by atoms with Crippen molar-refractivity contribution in [3.63, 3.8) is 0 Å². The zero-order chi connectivity index (χ0) is 41.9. The maximum atomic E-state index is 6.61. The molecular weight excluding hydrogens is 779 g/mol. The van der Waals surface area contributed by atoms with E-state index in [-0.39, 0.29) is 0 Å². The molecular formula is C60H35N3O. The Morgan fingerprint density at radius 2 is 0.828 bits per heavy atom. The van der Waals surface area contributed by atoms with Crippen LogP contribution < -0.4 is 0 Å². The molecule has 2 heterocycles.